The number of carbonyl (C=O) groups is 2. The highest BCUT2D eigenvalue weighted by Crippen LogP contribution is 2.09. The summed E-state index contributed by atoms with van der Waals surface area (Å²) in [5.74, 6) is -0.789. The van der Waals surface area contributed by atoms with E-state index in [2.05, 4.69) is 0 Å². The highest BCUT2D eigenvalue weighted by Gasteiger charge is 2.03. The Balaban J connectivity index is 3.14. The van der Waals surface area contributed by atoms with E-state index in [1.165, 1.54) is 19.8 Å². The Bertz CT molecular complexity index is 319. The van der Waals surface area contributed by atoms with Gasteiger partial charge in [0.15, 0.2) is 0 Å². The molecule has 0 saturated carbocycles. The third-order valence-electron chi connectivity index (χ3n) is 2.94. The van der Waals surface area contributed by atoms with E-state index < -0.39 is 5.97 Å². The number of unbranched alkanes of at least 4 members (excludes halogenated alkanes) is 7. The molecule has 0 aromatic rings. The molecule has 122 valence electrons. The maximum atomic E-state index is 11.1. The quantitative estimate of drug-likeness (QED) is 0.235. The van der Waals surface area contributed by atoms with E-state index in [1.807, 2.05) is 0 Å². The van der Waals surface area contributed by atoms with E-state index in [9.17, 15) is 9.59 Å². The number of carbonyl (C=O) groups excluding carboxylic acids is 2. The lowest BCUT2D eigenvalue weighted by atomic mass is 10.1. The number of nitrogens with one attached hydrogen (secondary N) is 1. The lowest BCUT2D eigenvalue weighted by Crippen LogP contribution is -2.17. The number of esters is 2. The molecule has 0 rings (SSSR count). The van der Waals surface area contributed by atoms with Crippen molar-refractivity contribution in [2.75, 3.05) is 13.2 Å². The standard InChI is InChI=1S/C15H28N2O4/c1-13(18)20-10-8-6-4-2-3-5-7-9-11-21-15(19)12-14(16)17/h2-12H2,1H3,(H3,16,17). The van der Waals surface area contributed by atoms with Crippen LogP contribution < -0.4 is 5.73 Å². The monoisotopic (exact) mass is 300 g/mol. The van der Waals surface area contributed by atoms with E-state index >= 15 is 0 Å². The Hall–Kier alpha value is -1.59. The summed E-state index contributed by atoms with van der Waals surface area (Å²) in [5.41, 5.74) is 5.09. The molecule has 0 aromatic carbocycles. The van der Waals surface area contributed by atoms with Crippen molar-refractivity contribution >= 4 is 17.8 Å². The molecule has 0 saturated heterocycles. The van der Waals surface area contributed by atoms with Crippen LogP contribution in [0.3, 0.4) is 0 Å². The second-order valence-electron chi connectivity index (χ2n) is 5.09. The summed E-state index contributed by atoms with van der Waals surface area (Å²) < 4.78 is 9.80. The summed E-state index contributed by atoms with van der Waals surface area (Å²) in [6, 6.07) is 0. The van der Waals surface area contributed by atoms with Gasteiger partial charge in [-0.05, 0) is 12.8 Å². The largest absolute Gasteiger partial charge is 0.466 e. The van der Waals surface area contributed by atoms with Crippen LogP contribution in [0, 0.1) is 5.41 Å². The van der Waals surface area contributed by atoms with Crippen molar-refractivity contribution in [2.24, 2.45) is 5.73 Å². The molecule has 3 N–H and O–H groups in total. The van der Waals surface area contributed by atoms with Gasteiger partial charge >= 0.3 is 11.9 Å². The molecule has 0 aliphatic carbocycles. The summed E-state index contributed by atoms with van der Waals surface area (Å²) in [5, 5.41) is 6.95. The lowest BCUT2D eigenvalue weighted by molar-refractivity contribution is -0.142. The van der Waals surface area contributed by atoms with Gasteiger partial charge in [0.05, 0.1) is 13.2 Å². The molecule has 0 atom stereocenters. The fourth-order valence-electron chi connectivity index (χ4n) is 1.87. The molecular weight excluding hydrogens is 272 g/mol. The average molecular weight is 300 g/mol. The maximum Gasteiger partial charge on any atom is 0.313 e. The van der Waals surface area contributed by atoms with Gasteiger partial charge in [0.25, 0.3) is 0 Å². The van der Waals surface area contributed by atoms with E-state index in [-0.39, 0.29) is 18.2 Å². The van der Waals surface area contributed by atoms with Crippen molar-refractivity contribution in [2.45, 2.75) is 64.7 Å². The number of ether oxygens (including phenoxy) is 2. The van der Waals surface area contributed by atoms with Gasteiger partial charge in [-0.25, -0.2) is 0 Å². The highest BCUT2D eigenvalue weighted by atomic mass is 16.5. The lowest BCUT2D eigenvalue weighted by Gasteiger charge is -2.04. The summed E-state index contributed by atoms with van der Waals surface area (Å²) in [6.45, 7) is 2.37. The molecule has 0 fully saturated rings. The molecule has 0 aliphatic rings. The Labute approximate surface area is 126 Å². The Morgan fingerprint density at radius 1 is 0.857 bits per heavy atom. The first kappa shape index (κ1) is 19.4. The van der Waals surface area contributed by atoms with Gasteiger partial charge in [-0.1, -0.05) is 38.5 Å². The van der Waals surface area contributed by atoms with Crippen LogP contribution in [0.5, 0.6) is 0 Å². The van der Waals surface area contributed by atoms with Crippen molar-refractivity contribution in [1.29, 1.82) is 5.41 Å². The molecule has 0 aliphatic heterocycles. The fourth-order valence-corrected chi connectivity index (χ4v) is 1.87. The van der Waals surface area contributed by atoms with Gasteiger partial charge in [-0.2, -0.15) is 0 Å². The second-order valence-corrected chi connectivity index (χ2v) is 5.09. The van der Waals surface area contributed by atoms with E-state index in [1.54, 1.807) is 0 Å². The number of rotatable bonds is 13. The van der Waals surface area contributed by atoms with Gasteiger partial charge in [0, 0.05) is 6.92 Å². The Kier molecular flexibility index (Phi) is 12.4. The molecular formula is C15H28N2O4. The second kappa shape index (κ2) is 13.4. The first-order chi connectivity index (χ1) is 10.0. The average Bonchev–Trinajstić information content (AvgIpc) is 2.38. The number of hydrogen-bond donors (Lipinski definition) is 2. The van der Waals surface area contributed by atoms with Gasteiger partial charge in [-0.3, -0.25) is 15.0 Å². The normalized spacial score (nSPS) is 10.1. The maximum absolute atomic E-state index is 11.1. The molecule has 21 heavy (non-hydrogen) atoms. The fraction of sp³-hybridized carbons (Fsp3) is 0.800. The first-order valence-corrected chi connectivity index (χ1v) is 7.64. The Morgan fingerprint density at radius 3 is 1.71 bits per heavy atom. The topological polar surface area (TPSA) is 102 Å². The first-order valence-electron chi connectivity index (χ1n) is 7.64. The zero-order valence-electron chi connectivity index (χ0n) is 13.0. The van der Waals surface area contributed by atoms with Gasteiger partial charge in [0.1, 0.15) is 12.3 Å². The minimum Gasteiger partial charge on any atom is -0.466 e. The summed E-state index contributed by atoms with van der Waals surface area (Å²) in [4.78, 5) is 21.6. The van der Waals surface area contributed by atoms with Crippen LogP contribution >= 0.6 is 0 Å². The minimum atomic E-state index is -0.421. The molecule has 0 unspecified atom stereocenters. The van der Waals surface area contributed by atoms with Crippen LogP contribution in [0.4, 0.5) is 0 Å². The Morgan fingerprint density at radius 2 is 1.29 bits per heavy atom. The van der Waals surface area contributed by atoms with Gasteiger partial charge < -0.3 is 15.2 Å². The predicted molar refractivity (Wildman–Crippen MR) is 81.1 cm³/mol. The number of nitrogens with two attached hydrogens (primary N) is 1. The molecule has 0 heterocycles. The molecule has 0 amide bonds. The molecule has 0 spiro atoms. The highest BCUT2D eigenvalue weighted by molar-refractivity contribution is 5.94. The van der Waals surface area contributed by atoms with Crippen LogP contribution in [0.25, 0.3) is 0 Å². The third-order valence-corrected chi connectivity index (χ3v) is 2.94. The smallest absolute Gasteiger partial charge is 0.313 e. The van der Waals surface area contributed by atoms with Crippen LogP contribution in [-0.4, -0.2) is 31.0 Å². The van der Waals surface area contributed by atoms with Crippen LogP contribution in [0.1, 0.15) is 64.7 Å². The zero-order valence-corrected chi connectivity index (χ0v) is 13.0. The third kappa shape index (κ3) is 16.4. The zero-order chi connectivity index (χ0) is 15.9. The molecule has 0 aromatic heterocycles. The van der Waals surface area contributed by atoms with Crippen molar-refractivity contribution in [1.82, 2.24) is 0 Å². The molecule has 6 nitrogen and oxygen atoms in total. The van der Waals surface area contributed by atoms with Crippen molar-refractivity contribution < 1.29 is 19.1 Å². The van der Waals surface area contributed by atoms with Crippen molar-refractivity contribution in [3.05, 3.63) is 0 Å². The van der Waals surface area contributed by atoms with Gasteiger partial charge in [-0.15, -0.1) is 0 Å². The summed E-state index contributed by atoms with van der Waals surface area (Å²) >= 11 is 0. The molecule has 0 bridgehead atoms. The van der Waals surface area contributed by atoms with Gasteiger partial charge in [0.2, 0.25) is 0 Å². The van der Waals surface area contributed by atoms with E-state index in [4.69, 9.17) is 20.6 Å². The molecule has 6 heteroatoms. The number of hydrogen-bond acceptors (Lipinski definition) is 5. The molecule has 0 radical (unpaired) electrons. The van der Waals surface area contributed by atoms with Crippen LogP contribution in [-0.2, 0) is 19.1 Å². The van der Waals surface area contributed by atoms with Crippen molar-refractivity contribution in [3.63, 3.8) is 0 Å². The number of amidine groups is 1. The van der Waals surface area contributed by atoms with Crippen LogP contribution in [0.2, 0.25) is 0 Å². The summed E-state index contributed by atoms with van der Waals surface area (Å²) in [7, 11) is 0. The van der Waals surface area contributed by atoms with E-state index in [0.29, 0.717) is 13.2 Å². The summed E-state index contributed by atoms with van der Waals surface area (Å²) in [6.07, 6.45) is 8.47. The SMILES string of the molecule is CC(=O)OCCCCCCCCCCOC(=O)CC(=N)N. The van der Waals surface area contributed by atoms with E-state index in [0.717, 1.165) is 38.5 Å². The predicted octanol–water partition coefficient (Wildman–Crippen LogP) is 2.54. The van der Waals surface area contributed by atoms with Crippen molar-refractivity contribution in [3.8, 4) is 0 Å². The minimum absolute atomic E-state index is 0.118. The van der Waals surface area contributed by atoms with Crippen LogP contribution in [0.15, 0.2) is 0 Å².